The van der Waals surface area contributed by atoms with Crippen LogP contribution < -0.4 is 4.90 Å². The first-order valence-corrected chi connectivity index (χ1v) is 10.4. The molecule has 152 valence electrons. The van der Waals surface area contributed by atoms with E-state index in [-0.39, 0.29) is 23.6 Å². The first-order chi connectivity index (χ1) is 14.1. The topological polar surface area (TPSA) is 24.8 Å². The summed E-state index contributed by atoms with van der Waals surface area (Å²) in [6.07, 6.45) is 7.08. The maximum absolute atomic E-state index is 13.4. The Morgan fingerprint density at radius 2 is 1.52 bits per heavy atom. The van der Waals surface area contributed by atoms with Crippen molar-refractivity contribution in [3.8, 4) is 0 Å². The van der Waals surface area contributed by atoms with Gasteiger partial charge in [0, 0.05) is 17.5 Å². The van der Waals surface area contributed by atoms with Gasteiger partial charge in [-0.2, -0.15) is 0 Å². The zero-order valence-electron chi connectivity index (χ0n) is 16.5. The van der Waals surface area contributed by atoms with Gasteiger partial charge in [-0.1, -0.05) is 12.2 Å². The fourth-order valence-electron chi connectivity index (χ4n) is 4.53. The molecule has 2 aliphatic rings. The molecule has 0 unspecified atom stereocenters. The predicted molar refractivity (Wildman–Crippen MR) is 108 cm³/mol. The van der Waals surface area contributed by atoms with E-state index in [1.165, 1.54) is 29.2 Å². The van der Waals surface area contributed by atoms with Crippen LogP contribution in [0.3, 0.4) is 0 Å². The van der Waals surface area contributed by atoms with E-state index >= 15 is 0 Å². The second-order valence-electron chi connectivity index (χ2n) is 8.04. The zero-order valence-corrected chi connectivity index (χ0v) is 16.5. The van der Waals surface area contributed by atoms with Gasteiger partial charge in [0.25, 0.3) is 0 Å². The van der Waals surface area contributed by atoms with E-state index in [1.54, 1.807) is 24.3 Å². The Bertz CT molecular complexity index is 810. The Morgan fingerprint density at radius 3 is 2.00 bits per heavy atom. The quantitative estimate of drug-likeness (QED) is 0.771. The van der Waals surface area contributed by atoms with E-state index in [2.05, 4.69) is 12.2 Å². The summed E-state index contributed by atoms with van der Waals surface area (Å²) in [7, 11) is 0. The lowest BCUT2D eigenvalue weighted by Crippen LogP contribution is -3.15. The third-order valence-electron chi connectivity index (χ3n) is 6.12. The van der Waals surface area contributed by atoms with Crippen LogP contribution in [0.2, 0.25) is 0 Å². The highest BCUT2D eigenvalue weighted by Crippen LogP contribution is 2.22. The molecule has 1 N–H and O–H groups in total. The third-order valence-corrected chi connectivity index (χ3v) is 6.12. The largest absolute Gasteiger partial charge is 0.331 e. The standard InChI is InChI=1S/C24H26F2N2O/c25-21-9-5-19(6-10-21)24(20-7-11-22(26)12-8-20)28-15-13-27(14-16-28)23(29)17-18-3-1-2-4-18/h1,3,5-12,18,24H,2,4,13-17H2/p+1/t18-/m1/s1. The van der Waals surface area contributed by atoms with E-state index in [4.69, 9.17) is 0 Å². The van der Waals surface area contributed by atoms with Gasteiger partial charge in [0.1, 0.15) is 17.7 Å². The average Bonchev–Trinajstić information content (AvgIpc) is 3.24. The van der Waals surface area contributed by atoms with E-state index in [0.717, 1.165) is 37.1 Å². The summed E-state index contributed by atoms with van der Waals surface area (Å²) < 4.78 is 26.9. The van der Waals surface area contributed by atoms with Crippen molar-refractivity contribution in [2.24, 2.45) is 5.92 Å². The minimum atomic E-state index is -0.266. The number of rotatable bonds is 5. The molecule has 1 aliphatic heterocycles. The van der Waals surface area contributed by atoms with Crippen molar-refractivity contribution in [1.29, 1.82) is 0 Å². The Balaban J connectivity index is 1.47. The number of carbonyl (C=O) groups is 1. The number of amides is 1. The van der Waals surface area contributed by atoms with E-state index in [0.29, 0.717) is 25.4 Å². The molecule has 1 heterocycles. The Morgan fingerprint density at radius 1 is 0.966 bits per heavy atom. The van der Waals surface area contributed by atoms with E-state index < -0.39 is 0 Å². The molecule has 3 nitrogen and oxygen atoms in total. The molecule has 1 amide bonds. The normalized spacial score (nSPS) is 19.8. The number of hydrogen-bond acceptors (Lipinski definition) is 1. The van der Waals surface area contributed by atoms with Gasteiger partial charge in [-0.05, 0) is 67.3 Å². The number of benzene rings is 2. The third kappa shape index (κ3) is 4.73. The van der Waals surface area contributed by atoms with Crippen molar-refractivity contribution in [2.45, 2.75) is 25.3 Å². The summed E-state index contributed by atoms with van der Waals surface area (Å²) in [6, 6.07) is 13.1. The molecule has 29 heavy (non-hydrogen) atoms. The van der Waals surface area contributed by atoms with Gasteiger partial charge in [0.05, 0.1) is 26.2 Å². The van der Waals surface area contributed by atoms with Gasteiger partial charge in [-0.25, -0.2) is 8.78 Å². The van der Waals surface area contributed by atoms with Crippen LogP contribution in [0.25, 0.3) is 0 Å². The molecule has 1 aliphatic carbocycles. The summed E-state index contributed by atoms with van der Waals surface area (Å²) in [5.41, 5.74) is 2.01. The summed E-state index contributed by atoms with van der Waals surface area (Å²) in [4.78, 5) is 15.9. The number of halogens is 2. The van der Waals surface area contributed by atoms with Crippen LogP contribution in [0.15, 0.2) is 60.7 Å². The Kier molecular flexibility index (Phi) is 6.05. The minimum Gasteiger partial charge on any atom is -0.331 e. The monoisotopic (exact) mass is 397 g/mol. The van der Waals surface area contributed by atoms with E-state index in [9.17, 15) is 13.6 Å². The molecule has 0 bridgehead atoms. The van der Waals surface area contributed by atoms with Crippen molar-refractivity contribution < 1.29 is 18.5 Å². The molecular formula is C24H27F2N2O+. The first kappa shape index (κ1) is 19.8. The van der Waals surface area contributed by atoms with Gasteiger partial charge in [-0.3, -0.25) is 4.79 Å². The lowest BCUT2D eigenvalue weighted by molar-refractivity contribution is -0.929. The van der Waals surface area contributed by atoms with Gasteiger partial charge in [-0.15, -0.1) is 0 Å². The molecule has 4 rings (SSSR count). The fourth-order valence-corrected chi connectivity index (χ4v) is 4.53. The SMILES string of the molecule is O=C(C[C@@H]1C=CCC1)N1CC[NH+](C(c2ccc(F)cc2)c2ccc(F)cc2)CC1. The lowest BCUT2D eigenvalue weighted by Gasteiger charge is -2.37. The summed E-state index contributed by atoms with van der Waals surface area (Å²) in [6.45, 7) is 3.05. The smallest absolute Gasteiger partial charge is 0.223 e. The van der Waals surface area contributed by atoms with Gasteiger partial charge >= 0.3 is 0 Å². The molecule has 5 heteroatoms. The molecule has 2 aromatic carbocycles. The summed E-state index contributed by atoms with van der Waals surface area (Å²) >= 11 is 0. The molecule has 1 atom stereocenters. The highest BCUT2D eigenvalue weighted by Gasteiger charge is 2.32. The number of hydrogen-bond donors (Lipinski definition) is 1. The molecular weight excluding hydrogens is 370 g/mol. The van der Waals surface area contributed by atoms with Crippen LogP contribution in [0.5, 0.6) is 0 Å². The molecule has 0 spiro atoms. The molecule has 0 saturated carbocycles. The summed E-state index contributed by atoms with van der Waals surface area (Å²) in [5.74, 6) is 0.0933. The van der Waals surface area contributed by atoms with Crippen LogP contribution in [-0.4, -0.2) is 37.0 Å². The molecule has 1 saturated heterocycles. The highest BCUT2D eigenvalue weighted by molar-refractivity contribution is 5.76. The molecule has 0 radical (unpaired) electrons. The summed E-state index contributed by atoms with van der Waals surface area (Å²) in [5, 5.41) is 0. The van der Waals surface area contributed by atoms with E-state index in [1.807, 2.05) is 4.90 Å². The minimum absolute atomic E-state index is 0.00813. The number of nitrogens with zero attached hydrogens (tertiary/aromatic N) is 1. The van der Waals surface area contributed by atoms with Crippen LogP contribution in [-0.2, 0) is 4.79 Å². The van der Waals surface area contributed by atoms with Gasteiger partial charge < -0.3 is 9.80 Å². The number of allylic oxidation sites excluding steroid dienone is 2. The van der Waals surface area contributed by atoms with Crippen LogP contribution in [0.4, 0.5) is 8.78 Å². The molecule has 1 fully saturated rings. The Hall–Kier alpha value is -2.53. The number of carbonyl (C=O) groups excluding carboxylic acids is 1. The van der Waals surface area contributed by atoms with Crippen LogP contribution in [0, 0.1) is 17.6 Å². The number of nitrogens with one attached hydrogen (secondary N) is 1. The Labute approximate surface area is 170 Å². The maximum atomic E-state index is 13.4. The predicted octanol–water partition coefficient (Wildman–Crippen LogP) is 3.14. The first-order valence-electron chi connectivity index (χ1n) is 10.4. The molecule has 0 aromatic heterocycles. The van der Waals surface area contributed by atoms with Crippen molar-refractivity contribution in [1.82, 2.24) is 4.90 Å². The number of quaternary nitrogens is 1. The van der Waals surface area contributed by atoms with Crippen molar-refractivity contribution in [3.05, 3.63) is 83.4 Å². The zero-order chi connectivity index (χ0) is 20.2. The van der Waals surface area contributed by atoms with Crippen LogP contribution in [0.1, 0.15) is 36.4 Å². The highest BCUT2D eigenvalue weighted by atomic mass is 19.1. The second kappa shape index (κ2) is 8.87. The van der Waals surface area contributed by atoms with Crippen molar-refractivity contribution >= 4 is 5.91 Å². The molecule has 2 aromatic rings. The van der Waals surface area contributed by atoms with Crippen molar-refractivity contribution in [2.75, 3.05) is 26.2 Å². The van der Waals surface area contributed by atoms with Crippen LogP contribution >= 0.6 is 0 Å². The van der Waals surface area contributed by atoms with Gasteiger partial charge in [0.2, 0.25) is 5.91 Å². The van der Waals surface area contributed by atoms with Gasteiger partial charge in [0.15, 0.2) is 0 Å². The van der Waals surface area contributed by atoms with Crippen molar-refractivity contribution in [3.63, 3.8) is 0 Å². The lowest BCUT2D eigenvalue weighted by atomic mass is 9.96. The number of piperazine rings is 1. The maximum Gasteiger partial charge on any atom is 0.223 e. The average molecular weight is 397 g/mol. The second-order valence-corrected chi connectivity index (χ2v) is 8.04. The fraction of sp³-hybridized carbons (Fsp3) is 0.375.